The number of ether oxygens (including phenoxy) is 3. The van der Waals surface area contributed by atoms with Crippen molar-refractivity contribution in [3.63, 3.8) is 0 Å². The van der Waals surface area contributed by atoms with Crippen molar-refractivity contribution in [2.75, 3.05) is 32.9 Å². The molecule has 4 nitrogen and oxygen atoms in total. The van der Waals surface area contributed by atoms with Crippen LogP contribution in [-0.4, -0.2) is 49.5 Å². The molecule has 1 spiro atoms. The minimum absolute atomic E-state index is 0.0347. The molecule has 4 heterocycles. The summed E-state index contributed by atoms with van der Waals surface area (Å²) in [5.74, 6) is 1.57. The van der Waals surface area contributed by atoms with E-state index in [4.69, 9.17) is 14.2 Å². The summed E-state index contributed by atoms with van der Waals surface area (Å²) in [6, 6.07) is 7.26. The lowest BCUT2D eigenvalue weighted by Gasteiger charge is -2.54. The smallest absolute Gasteiger partial charge is 0.126 e. The van der Waals surface area contributed by atoms with E-state index in [1.54, 1.807) is 0 Å². The third kappa shape index (κ3) is 2.31. The number of piperidine rings is 1. The van der Waals surface area contributed by atoms with Gasteiger partial charge in [-0.05, 0) is 31.4 Å². The molecule has 0 radical (unpaired) electrons. The topological polar surface area (TPSA) is 30.9 Å². The summed E-state index contributed by atoms with van der Waals surface area (Å²) < 4.78 is 18.4. The Kier molecular flexibility index (Phi) is 3.62. The van der Waals surface area contributed by atoms with Crippen LogP contribution in [0.5, 0.6) is 5.75 Å². The standard InChI is InChI=1S/C20H27NO3/c1-14-4-5-16-18(11-14)24-20(17-3-2-10-23-19(16)17)6-8-21(9-7-20)15-12-22-13-15/h4-5,11,15,17,19H,2-3,6-10,12-13H2,1H3/t17-,19+/m1/s1. The van der Waals surface area contributed by atoms with E-state index in [0.29, 0.717) is 12.0 Å². The molecule has 0 N–H and O–H groups in total. The van der Waals surface area contributed by atoms with Crippen LogP contribution in [0.2, 0.25) is 0 Å². The first-order valence-electron chi connectivity index (χ1n) is 9.48. The van der Waals surface area contributed by atoms with Gasteiger partial charge in [0.15, 0.2) is 0 Å². The quantitative estimate of drug-likeness (QED) is 0.792. The Morgan fingerprint density at radius 3 is 2.75 bits per heavy atom. The molecule has 3 fully saturated rings. The molecule has 0 bridgehead atoms. The third-order valence-electron chi connectivity index (χ3n) is 6.57. The number of hydrogen-bond donors (Lipinski definition) is 0. The van der Waals surface area contributed by atoms with Gasteiger partial charge < -0.3 is 14.2 Å². The number of likely N-dealkylation sites (tertiary alicyclic amines) is 1. The summed E-state index contributed by atoms with van der Waals surface area (Å²) in [6.07, 6.45) is 4.84. The van der Waals surface area contributed by atoms with Gasteiger partial charge in [-0.1, -0.05) is 12.1 Å². The monoisotopic (exact) mass is 329 g/mol. The summed E-state index contributed by atoms with van der Waals surface area (Å²) in [7, 11) is 0. The Bertz CT molecular complexity index is 619. The number of nitrogens with zero attached hydrogens (tertiary/aromatic N) is 1. The van der Waals surface area contributed by atoms with E-state index < -0.39 is 0 Å². The number of benzene rings is 1. The second-order valence-corrected chi connectivity index (χ2v) is 7.98. The van der Waals surface area contributed by atoms with Gasteiger partial charge in [0.05, 0.1) is 25.4 Å². The Labute approximate surface area is 144 Å². The molecule has 1 aromatic carbocycles. The van der Waals surface area contributed by atoms with Gasteiger partial charge in [0.2, 0.25) is 0 Å². The molecular formula is C20H27NO3. The predicted octanol–water partition coefficient (Wildman–Crippen LogP) is 3.09. The molecule has 0 aliphatic carbocycles. The van der Waals surface area contributed by atoms with Gasteiger partial charge in [-0.15, -0.1) is 0 Å². The first kappa shape index (κ1) is 15.2. The molecule has 2 atom stereocenters. The van der Waals surface area contributed by atoms with Crippen molar-refractivity contribution in [1.82, 2.24) is 4.90 Å². The van der Waals surface area contributed by atoms with E-state index in [1.165, 1.54) is 17.5 Å². The van der Waals surface area contributed by atoms with Crippen LogP contribution in [0.1, 0.15) is 42.9 Å². The van der Waals surface area contributed by atoms with E-state index in [0.717, 1.165) is 57.9 Å². The van der Waals surface area contributed by atoms with Crippen molar-refractivity contribution in [3.8, 4) is 5.75 Å². The maximum absolute atomic E-state index is 6.75. The van der Waals surface area contributed by atoms with Crippen LogP contribution in [0.3, 0.4) is 0 Å². The average Bonchev–Trinajstić information content (AvgIpc) is 2.55. The summed E-state index contributed by atoms with van der Waals surface area (Å²) in [6.45, 7) is 7.09. The summed E-state index contributed by atoms with van der Waals surface area (Å²) in [4.78, 5) is 2.60. The van der Waals surface area contributed by atoms with E-state index in [-0.39, 0.29) is 11.7 Å². The summed E-state index contributed by atoms with van der Waals surface area (Å²) >= 11 is 0. The van der Waals surface area contributed by atoms with Crippen molar-refractivity contribution in [2.45, 2.75) is 50.4 Å². The highest BCUT2D eigenvalue weighted by Gasteiger charge is 2.53. The van der Waals surface area contributed by atoms with E-state index in [1.807, 2.05) is 0 Å². The number of aryl methyl sites for hydroxylation is 1. The molecule has 130 valence electrons. The minimum Gasteiger partial charge on any atom is -0.486 e. The van der Waals surface area contributed by atoms with Gasteiger partial charge in [0.1, 0.15) is 11.4 Å². The normalized spacial score (nSPS) is 32.5. The molecular weight excluding hydrogens is 302 g/mol. The van der Waals surface area contributed by atoms with Crippen LogP contribution in [0.4, 0.5) is 0 Å². The number of fused-ring (bicyclic) bond motifs is 4. The Balaban J connectivity index is 1.45. The number of rotatable bonds is 1. The van der Waals surface area contributed by atoms with Gasteiger partial charge in [0.25, 0.3) is 0 Å². The second-order valence-electron chi connectivity index (χ2n) is 7.98. The SMILES string of the molecule is Cc1ccc2c(c1)OC1(CCN(C3COC3)CC1)[C@@H]1CCCO[C@@H]21. The third-order valence-corrected chi connectivity index (χ3v) is 6.57. The zero-order chi connectivity index (χ0) is 16.1. The Morgan fingerprint density at radius 2 is 2.00 bits per heavy atom. The fourth-order valence-electron chi connectivity index (χ4n) is 5.06. The first-order chi connectivity index (χ1) is 11.8. The molecule has 0 amide bonds. The van der Waals surface area contributed by atoms with Gasteiger partial charge in [-0.25, -0.2) is 0 Å². The van der Waals surface area contributed by atoms with Crippen LogP contribution in [-0.2, 0) is 9.47 Å². The molecule has 0 saturated carbocycles. The highest BCUT2D eigenvalue weighted by atomic mass is 16.5. The minimum atomic E-state index is -0.0347. The molecule has 0 unspecified atom stereocenters. The van der Waals surface area contributed by atoms with Crippen molar-refractivity contribution < 1.29 is 14.2 Å². The largest absolute Gasteiger partial charge is 0.486 e. The Hall–Kier alpha value is -1.10. The summed E-state index contributed by atoms with van der Waals surface area (Å²) in [5, 5.41) is 0. The van der Waals surface area contributed by atoms with Crippen LogP contribution in [0.15, 0.2) is 18.2 Å². The van der Waals surface area contributed by atoms with Gasteiger partial charge >= 0.3 is 0 Å². The van der Waals surface area contributed by atoms with E-state index in [2.05, 4.69) is 30.0 Å². The molecule has 24 heavy (non-hydrogen) atoms. The lowest BCUT2D eigenvalue weighted by molar-refractivity contribution is -0.161. The molecule has 5 rings (SSSR count). The van der Waals surface area contributed by atoms with Gasteiger partial charge in [-0.2, -0.15) is 0 Å². The number of hydrogen-bond acceptors (Lipinski definition) is 4. The van der Waals surface area contributed by atoms with Crippen LogP contribution >= 0.6 is 0 Å². The maximum atomic E-state index is 6.75. The molecule has 4 aliphatic rings. The molecule has 1 aromatic rings. The molecule has 4 aliphatic heterocycles. The van der Waals surface area contributed by atoms with Crippen LogP contribution in [0.25, 0.3) is 0 Å². The highest BCUT2D eigenvalue weighted by molar-refractivity contribution is 5.42. The van der Waals surface area contributed by atoms with Crippen molar-refractivity contribution in [1.29, 1.82) is 0 Å². The molecule has 3 saturated heterocycles. The zero-order valence-electron chi connectivity index (χ0n) is 14.5. The zero-order valence-corrected chi connectivity index (χ0v) is 14.5. The van der Waals surface area contributed by atoms with Gasteiger partial charge in [0, 0.05) is 44.0 Å². The lowest BCUT2D eigenvalue weighted by atomic mass is 9.69. The van der Waals surface area contributed by atoms with Crippen LogP contribution in [0, 0.1) is 12.8 Å². The maximum Gasteiger partial charge on any atom is 0.126 e. The fourth-order valence-corrected chi connectivity index (χ4v) is 5.06. The Morgan fingerprint density at radius 1 is 1.17 bits per heavy atom. The van der Waals surface area contributed by atoms with Crippen LogP contribution < -0.4 is 4.74 Å². The fraction of sp³-hybridized carbons (Fsp3) is 0.700. The molecule has 4 heteroatoms. The molecule has 0 aromatic heterocycles. The van der Waals surface area contributed by atoms with Gasteiger partial charge in [-0.3, -0.25) is 4.90 Å². The van der Waals surface area contributed by atoms with E-state index in [9.17, 15) is 0 Å². The van der Waals surface area contributed by atoms with Crippen molar-refractivity contribution >= 4 is 0 Å². The van der Waals surface area contributed by atoms with Crippen molar-refractivity contribution in [2.24, 2.45) is 5.92 Å². The highest BCUT2D eigenvalue weighted by Crippen LogP contribution is 2.53. The van der Waals surface area contributed by atoms with E-state index >= 15 is 0 Å². The van der Waals surface area contributed by atoms with Crippen molar-refractivity contribution in [3.05, 3.63) is 29.3 Å². The lowest BCUT2D eigenvalue weighted by Crippen LogP contribution is -2.60. The first-order valence-corrected chi connectivity index (χ1v) is 9.48. The second kappa shape index (κ2) is 5.72. The predicted molar refractivity (Wildman–Crippen MR) is 91.4 cm³/mol. The summed E-state index contributed by atoms with van der Waals surface area (Å²) in [5.41, 5.74) is 2.50. The average molecular weight is 329 g/mol.